The third kappa shape index (κ3) is 3.59. The summed E-state index contributed by atoms with van der Waals surface area (Å²) in [6.45, 7) is 4.60. The largest absolute Gasteiger partial charge is 0.338 e. The van der Waals surface area contributed by atoms with Crippen LogP contribution in [0.1, 0.15) is 26.7 Å². The number of nitriles is 1. The van der Waals surface area contributed by atoms with Crippen LogP contribution in [0, 0.1) is 17.8 Å². The third-order valence-corrected chi connectivity index (χ3v) is 4.07. The van der Waals surface area contributed by atoms with Crippen LogP contribution in [0.2, 0.25) is 0 Å². The quantitative estimate of drug-likeness (QED) is 0.591. The topological polar surface area (TPSA) is 47.3 Å². The van der Waals surface area contributed by atoms with E-state index in [0.717, 1.165) is 6.42 Å². The Balaban J connectivity index is 2.14. The Labute approximate surface area is 124 Å². The summed E-state index contributed by atoms with van der Waals surface area (Å²) in [6, 6.07) is 1.92. The predicted molar refractivity (Wildman–Crippen MR) is 74.4 cm³/mol. The van der Waals surface area contributed by atoms with Crippen LogP contribution in [-0.4, -0.2) is 53.3 Å². The number of carbonyl (C=O) groups excluding carboxylic acids is 1. The van der Waals surface area contributed by atoms with Crippen molar-refractivity contribution in [3.63, 3.8) is 0 Å². The van der Waals surface area contributed by atoms with Crippen molar-refractivity contribution in [2.24, 2.45) is 0 Å². The highest BCUT2D eigenvalue weighted by Crippen LogP contribution is 2.33. The van der Waals surface area contributed by atoms with Gasteiger partial charge in [0.1, 0.15) is 11.6 Å². The van der Waals surface area contributed by atoms with Crippen LogP contribution < -0.4 is 0 Å². The first-order valence-corrected chi connectivity index (χ1v) is 7.12. The Morgan fingerprint density at radius 3 is 2.62 bits per heavy atom. The minimum absolute atomic E-state index is 0.0329. The fraction of sp³-hybridized carbons (Fsp3) is 0.667. The Morgan fingerprint density at radius 1 is 1.43 bits per heavy atom. The van der Waals surface area contributed by atoms with Crippen LogP contribution in [0.5, 0.6) is 0 Å². The number of likely N-dealkylation sites (tertiary alicyclic amines) is 2. The Hall–Kier alpha value is -1.48. The zero-order valence-corrected chi connectivity index (χ0v) is 12.4. The number of amides is 1. The Morgan fingerprint density at radius 2 is 2.14 bits per heavy atom. The number of nitrogens with zero attached hydrogens (tertiary/aromatic N) is 3. The highest BCUT2D eigenvalue weighted by Gasteiger charge is 2.43. The number of halogens is 2. The second-order valence-electron chi connectivity index (χ2n) is 6.18. The molecule has 0 bridgehead atoms. The molecule has 4 nitrogen and oxygen atoms in total. The summed E-state index contributed by atoms with van der Waals surface area (Å²) in [5, 5.41) is 9.22. The van der Waals surface area contributed by atoms with E-state index in [0.29, 0.717) is 13.1 Å². The van der Waals surface area contributed by atoms with E-state index < -0.39 is 11.5 Å². The van der Waals surface area contributed by atoms with Gasteiger partial charge in [-0.25, -0.2) is 8.78 Å². The maximum atomic E-state index is 13.3. The summed E-state index contributed by atoms with van der Waals surface area (Å²) in [5.41, 5.74) is -0.713. The molecule has 21 heavy (non-hydrogen) atoms. The van der Waals surface area contributed by atoms with Crippen molar-refractivity contribution in [1.82, 2.24) is 9.80 Å². The van der Waals surface area contributed by atoms with Crippen molar-refractivity contribution in [2.45, 2.75) is 38.2 Å². The molecule has 0 aromatic heterocycles. The van der Waals surface area contributed by atoms with E-state index in [1.54, 1.807) is 23.6 Å². The molecule has 0 aromatic carbocycles. The van der Waals surface area contributed by atoms with E-state index in [9.17, 15) is 18.8 Å². The molecule has 1 radical (unpaired) electrons. The van der Waals surface area contributed by atoms with Gasteiger partial charge in [-0.1, -0.05) is 0 Å². The van der Waals surface area contributed by atoms with Crippen LogP contribution >= 0.6 is 0 Å². The lowest BCUT2D eigenvalue weighted by molar-refractivity contribution is -0.125. The van der Waals surface area contributed by atoms with Crippen molar-refractivity contribution < 1.29 is 13.6 Å². The molecule has 2 saturated heterocycles. The summed E-state index contributed by atoms with van der Waals surface area (Å²) in [7, 11) is 0. The SMILES string of the molecule is CC(C)(C=C(C#N)C(=O)N1C[CH]CC1)N1CCC(F)(F)C1. The van der Waals surface area contributed by atoms with E-state index in [1.165, 1.54) is 6.08 Å². The predicted octanol–water partition coefficient (Wildman–Crippen LogP) is 1.99. The van der Waals surface area contributed by atoms with E-state index in [4.69, 9.17) is 0 Å². The van der Waals surface area contributed by atoms with Crippen molar-refractivity contribution >= 4 is 5.91 Å². The number of hydrogen-bond donors (Lipinski definition) is 0. The van der Waals surface area contributed by atoms with Crippen LogP contribution in [0.15, 0.2) is 11.6 Å². The summed E-state index contributed by atoms with van der Waals surface area (Å²) < 4.78 is 26.7. The molecule has 115 valence electrons. The maximum absolute atomic E-state index is 13.3. The highest BCUT2D eigenvalue weighted by atomic mass is 19.3. The summed E-state index contributed by atoms with van der Waals surface area (Å²) in [4.78, 5) is 15.5. The number of rotatable bonds is 3. The lowest BCUT2D eigenvalue weighted by Crippen LogP contribution is -2.43. The van der Waals surface area contributed by atoms with Crippen LogP contribution in [0.25, 0.3) is 0 Å². The zero-order valence-electron chi connectivity index (χ0n) is 12.4. The highest BCUT2D eigenvalue weighted by molar-refractivity contribution is 5.97. The van der Waals surface area contributed by atoms with Gasteiger partial charge in [-0.05, 0) is 32.8 Å². The minimum atomic E-state index is -2.69. The average molecular weight is 296 g/mol. The Kier molecular flexibility index (Phi) is 4.33. The molecule has 0 atom stereocenters. The van der Waals surface area contributed by atoms with Crippen LogP contribution in [-0.2, 0) is 4.79 Å². The monoisotopic (exact) mass is 296 g/mol. The lowest BCUT2D eigenvalue weighted by Gasteiger charge is -2.33. The van der Waals surface area contributed by atoms with Crippen molar-refractivity contribution in [3.8, 4) is 6.07 Å². The molecule has 2 fully saturated rings. The number of carbonyl (C=O) groups is 1. The van der Waals surface area contributed by atoms with Gasteiger partial charge in [-0.2, -0.15) is 5.26 Å². The lowest BCUT2D eigenvalue weighted by atomic mass is 9.99. The number of hydrogen-bond acceptors (Lipinski definition) is 3. The van der Waals surface area contributed by atoms with Gasteiger partial charge >= 0.3 is 0 Å². The second-order valence-corrected chi connectivity index (χ2v) is 6.18. The van der Waals surface area contributed by atoms with E-state index in [-0.39, 0.29) is 31.0 Å². The van der Waals surface area contributed by atoms with Gasteiger partial charge in [-0.3, -0.25) is 9.69 Å². The molecule has 2 aliphatic heterocycles. The van der Waals surface area contributed by atoms with Crippen molar-refractivity contribution in [1.29, 1.82) is 5.26 Å². The Bertz CT molecular complexity index is 488. The fourth-order valence-corrected chi connectivity index (χ4v) is 2.75. The maximum Gasteiger partial charge on any atom is 0.264 e. The molecule has 2 heterocycles. The summed E-state index contributed by atoms with van der Waals surface area (Å²) >= 11 is 0. The second kappa shape index (κ2) is 5.72. The van der Waals surface area contributed by atoms with Gasteiger partial charge < -0.3 is 4.90 Å². The van der Waals surface area contributed by atoms with E-state index in [1.807, 2.05) is 12.5 Å². The molecular formula is C15H20F2N3O. The smallest absolute Gasteiger partial charge is 0.264 e. The fourth-order valence-electron chi connectivity index (χ4n) is 2.75. The molecular weight excluding hydrogens is 276 g/mol. The summed E-state index contributed by atoms with van der Waals surface area (Å²) in [5.74, 6) is -3.00. The number of alkyl halides is 2. The normalized spacial score (nSPS) is 23.4. The molecule has 6 heteroatoms. The van der Waals surface area contributed by atoms with Gasteiger partial charge in [0.2, 0.25) is 0 Å². The molecule has 0 aliphatic carbocycles. The summed E-state index contributed by atoms with van der Waals surface area (Å²) in [6.07, 6.45) is 4.15. The first-order chi connectivity index (χ1) is 9.75. The van der Waals surface area contributed by atoms with Crippen LogP contribution in [0.3, 0.4) is 0 Å². The zero-order chi connectivity index (χ0) is 15.7. The minimum Gasteiger partial charge on any atom is -0.338 e. The van der Waals surface area contributed by atoms with Gasteiger partial charge in [0.25, 0.3) is 11.8 Å². The van der Waals surface area contributed by atoms with Crippen LogP contribution in [0.4, 0.5) is 8.78 Å². The first kappa shape index (κ1) is 15.9. The molecule has 2 aliphatic rings. The molecule has 1 amide bonds. The molecule has 0 aromatic rings. The van der Waals surface area contributed by atoms with Crippen molar-refractivity contribution in [2.75, 3.05) is 26.2 Å². The van der Waals surface area contributed by atoms with Gasteiger partial charge in [-0.15, -0.1) is 0 Å². The van der Waals surface area contributed by atoms with E-state index >= 15 is 0 Å². The standard InChI is InChI=1S/C15H20F2N3O/c1-14(2,20-8-5-15(16,17)11-20)9-12(10-18)13(21)19-6-3-4-7-19/h3,9H,4-8,11H2,1-2H3. The van der Waals surface area contributed by atoms with Gasteiger partial charge in [0, 0.05) is 31.6 Å². The molecule has 0 unspecified atom stereocenters. The third-order valence-electron chi connectivity index (χ3n) is 4.07. The average Bonchev–Trinajstić information content (AvgIpc) is 3.04. The van der Waals surface area contributed by atoms with Gasteiger partial charge in [0.15, 0.2) is 0 Å². The molecule has 2 rings (SSSR count). The molecule has 0 N–H and O–H groups in total. The van der Waals surface area contributed by atoms with E-state index in [2.05, 4.69) is 0 Å². The molecule has 0 spiro atoms. The first-order valence-electron chi connectivity index (χ1n) is 7.12. The van der Waals surface area contributed by atoms with Crippen molar-refractivity contribution in [3.05, 3.63) is 18.1 Å². The van der Waals surface area contributed by atoms with Gasteiger partial charge in [0.05, 0.1) is 6.54 Å². The molecule has 0 saturated carbocycles.